The van der Waals surface area contributed by atoms with Crippen molar-refractivity contribution < 1.29 is 14.3 Å². The minimum atomic E-state index is 0.0717. The van der Waals surface area contributed by atoms with Crippen molar-refractivity contribution in [3.05, 3.63) is 41.6 Å². The first-order valence-corrected chi connectivity index (χ1v) is 11.5. The Morgan fingerprint density at radius 1 is 1.19 bits per heavy atom. The van der Waals surface area contributed by atoms with Crippen LogP contribution in [0.2, 0.25) is 0 Å². The van der Waals surface area contributed by atoms with Crippen LogP contribution >= 0.6 is 0 Å². The van der Waals surface area contributed by atoms with E-state index in [1.165, 1.54) is 6.92 Å². The molecule has 0 aliphatic carbocycles. The van der Waals surface area contributed by atoms with Crippen LogP contribution in [0.25, 0.3) is 17.0 Å². The molecule has 31 heavy (non-hydrogen) atoms. The number of fused-ring (bicyclic) bond motifs is 1. The van der Waals surface area contributed by atoms with Crippen LogP contribution in [0.3, 0.4) is 0 Å². The molecular formula is C26H34N2O3. The topological polar surface area (TPSA) is 59.5 Å². The molecule has 0 unspecified atom stereocenters. The number of hydrogen-bond acceptors (Lipinski definition) is 4. The van der Waals surface area contributed by atoms with Gasteiger partial charge in [0, 0.05) is 36.9 Å². The maximum atomic E-state index is 12.2. The summed E-state index contributed by atoms with van der Waals surface area (Å²) in [5, 5.41) is 1.06. The number of para-hydroxylation sites is 1. The van der Waals surface area contributed by atoms with Crippen molar-refractivity contribution in [3.63, 3.8) is 0 Å². The molecule has 3 rings (SSSR count). The number of Topliss-reactive ketones (excluding diaryl/α,β-unsaturated/α-hetero) is 1. The number of rotatable bonds is 9. The first-order chi connectivity index (χ1) is 15.0. The van der Waals surface area contributed by atoms with Gasteiger partial charge in [-0.1, -0.05) is 31.6 Å². The molecule has 1 aromatic heterocycles. The van der Waals surface area contributed by atoms with E-state index in [1.54, 1.807) is 0 Å². The lowest BCUT2D eigenvalue weighted by Gasteiger charge is -2.30. The second-order valence-corrected chi connectivity index (χ2v) is 8.45. The summed E-state index contributed by atoms with van der Waals surface area (Å²) in [6, 6.07) is 8.14. The summed E-state index contributed by atoms with van der Waals surface area (Å²) in [7, 11) is 0. The minimum absolute atomic E-state index is 0.0717. The summed E-state index contributed by atoms with van der Waals surface area (Å²) < 4.78 is 6.16. The second kappa shape index (κ2) is 11.1. The molecule has 0 atom stereocenters. The zero-order valence-corrected chi connectivity index (χ0v) is 19.0. The standard InChI is InChI=1S/C26H34N2O3/c1-4-5-18-31-26-20(3)23(27-24-9-7-6-8-22(24)26)12-11-21-14-16-28(17-15-21)25(30)13-10-19(2)29/h6-9,11-12,21H,4-5,10,13-18H2,1-3H3/b12-11+. The fourth-order valence-electron chi connectivity index (χ4n) is 3.97. The lowest BCUT2D eigenvalue weighted by atomic mass is 9.95. The summed E-state index contributed by atoms with van der Waals surface area (Å²) in [4.78, 5) is 30.1. The van der Waals surface area contributed by atoms with Crippen molar-refractivity contribution in [3.8, 4) is 5.75 Å². The number of carbonyl (C=O) groups is 2. The summed E-state index contributed by atoms with van der Waals surface area (Å²) in [5.41, 5.74) is 2.97. The highest BCUT2D eigenvalue weighted by Crippen LogP contribution is 2.31. The SMILES string of the molecule is CCCCOc1c(C)c(/C=C/C2CCN(C(=O)CCC(C)=O)CC2)nc2ccccc12. The average Bonchev–Trinajstić information content (AvgIpc) is 2.78. The average molecular weight is 423 g/mol. The molecule has 0 N–H and O–H groups in total. The van der Waals surface area contributed by atoms with Crippen molar-refractivity contribution in [2.45, 2.75) is 59.3 Å². The van der Waals surface area contributed by atoms with Gasteiger partial charge in [0.25, 0.3) is 0 Å². The van der Waals surface area contributed by atoms with Gasteiger partial charge in [-0.15, -0.1) is 0 Å². The summed E-state index contributed by atoms with van der Waals surface area (Å²) in [6.45, 7) is 7.99. The zero-order valence-electron chi connectivity index (χ0n) is 19.0. The Hall–Kier alpha value is -2.69. The van der Waals surface area contributed by atoms with Gasteiger partial charge >= 0.3 is 0 Å². The van der Waals surface area contributed by atoms with Crippen molar-refractivity contribution in [1.82, 2.24) is 9.88 Å². The first kappa shape index (κ1) is 23.0. The maximum absolute atomic E-state index is 12.2. The third-order valence-electron chi connectivity index (χ3n) is 5.97. The third-order valence-corrected chi connectivity index (χ3v) is 5.97. The van der Waals surface area contributed by atoms with Gasteiger partial charge in [0.2, 0.25) is 5.91 Å². The normalized spacial score (nSPS) is 15.0. The Morgan fingerprint density at radius 3 is 2.65 bits per heavy atom. The van der Waals surface area contributed by atoms with E-state index in [9.17, 15) is 9.59 Å². The van der Waals surface area contributed by atoms with Crippen molar-refractivity contribution in [2.75, 3.05) is 19.7 Å². The van der Waals surface area contributed by atoms with Gasteiger partial charge in [-0.25, -0.2) is 4.98 Å². The van der Waals surface area contributed by atoms with Crippen LogP contribution in [0.5, 0.6) is 5.75 Å². The van der Waals surface area contributed by atoms with Crippen molar-refractivity contribution in [1.29, 1.82) is 0 Å². The van der Waals surface area contributed by atoms with E-state index in [4.69, 9.17) is 9.72 Å². The highest BCUT2D eigenvalue weighted by Gasteiger charge is 2.21. The van der Waals surface area contributed by atoms with Gasteiger partial charge in [-0.3, -0.25) is 4.79 Å². The smallest absolute Gasteiger partial charge is 0.223 e. The molecule has 0 spiro atoms. The van der Waals surface area contributed by atoms with Gasteiger partial charge in [-0.05, 0) is 57.2 Å². The number of ether oxygens (including phenoxy) is 1. The highest BCUT2D eigenvalue weighted by atomic mass is 16.5. The number of piperidine rings is 1. The number of nitrogens with zero attached hydrogens (tertiary/aromatic N) is 2. The third kappa shape index (κ3) is 6.16. The fraction of sp³-hybridized carbons (Fsp3) is 0.500. The number of ketones is 1. The molecule has 2 aromatic rings. The van der Waals surface area contributed by atoms with E-state index < -0.39 is 0 Å². The van der Waals surface area contributed by atoms with Crippen LogP contribution in [0.1, 0.15) is 63.6 Å². The molecule has 1 saturated heterocycles. The quantitative estimate of drug-likeness (QED) is 0.512. The van der Waals surface area contributed by atoms with Crippen LogP contribution in [0, 0.1) is 12.8 Å². The molecule has 1 fully saturated rings. The lowest BCUT2D eigenvalue weighted by molar-refractivity contribution is -0.134. The monoisotopic (exact) mass is 422 g/mol. The van der Waals surface area contributed by atoms with Gasteiger partial charge in [0.15, 0.2) is 0 Å². The van der Waals surface area contributed by atoms with Crippen LogP contribution < -0.4 is 4.74 Å². The molecule has 1 aromatic carbocycles. The summed E-state index contributed by atoms with van der Waals surface area (Å²) in [5.74, 6) is 1.53. The molecule has 0 saturated carbocycles. The molecule has 5 heteroatoms. The Kier molecular flexibility index (Phi) is 8.21. The van der Waals surface area contributed by atoms with Crippen LogP contribution in [-0.4, -0.2) is 41.3 Å². The number of unbranched alkanes of at least 4 members (excludes halogenated alkanes) is 1. The van der Waals surface area contributed by atoms with E-state index in [-0.39, 0.29) is 11.7 Å². The highest BCUT2D eigenvalue weighted by molar-refractivity contribution is 5.88. The van der Waals surface area contributed by atoms with Gasteiger partial charge in [0.05, 0.1) is 17.8 Å². The van der Waals surface area contributed by atoms with Gasteiger partial charge < -0.3 is 14.4 Å². The Labute approximate surface area is 185 Å². The number of aromatic nitrogens is 1. The Balaban J connectivity index is 1.68. The number of pyridine rings is 1. The zero-order chi connectivity index (χ0) is 22.2. The number of allylic oxidation sites excluding steroid dienone is 1. The minimum Gasteiger partial charge on any atom is -0.493 e. The van der Waals surface area contributed by atoms with Crippen molar-refractivity contribution in [2.24, 2.45) is 5.92 Å². The van der Waals surface area contributed by atoms with E-state index in [0.717, 1.165) is 66.7 Å². The Bertz CT molecular complexity index is 943. The molecule has 2 heterocycles. The molecule has 0 radical (unpaired) electrons. The van der Waals surface area contributed by atoms with Crippen LogP contribution in [0.15, 0.2) is 30.3 Å². The first-order valence-electron chi connectivity index (χ1n) is 11.5. The molecular weight excluding hydrogens is 388 g/mol. The summed E-state index contributed by atoms with van der Waals surface area (Å²) in [6.07, 6.45) is 9.04. The molecule has 166 valence electrons. The fourth-order valence-corrected chi connectivity index (χ4v) is 3.97. The maximum Gasteiger partial charge on any atom is 0.223 e. The van der Waals surface area contributed by atoms with E-state index in [1.807, 2.05) is 23.1 Å². The van der Waals surface area contributed by atoms with Gasteiger partial charge in [-0.2, -0.15) is 0 Å². The largest absolute Gasteiger partial charge is 0.493 e. The van der Waals surface area contributed by atoms with Crippen LogP contribution in [0.4, 0.5) is 0 Å². The van der Waals surface area contributed by atoms with E-state index >= 15 is 0 Å². The number of likely N-dealkylation sites (tertiary alicyclic amines) is 1. The van der Waals surface area contributed by atoms with Crippen molar-refractivity contribution >= 4 is 28.7 Å². The molecule has 1 amide bonds. The molecule has 5 nitrogen and oxygen atoms in total. The molecule has 0 bridgehead atoms. The van der Waals surface area contributed by atoms with Crippen LogP contribution in [-0.2, 0) is 9.59 Å². The number of hydrogen-bond donors (Lipinski definition) is 0. The number of benzene rings is 1. The van der Waals surface area contributed by atoms with Gasteiger partial charge in [0.1, 0.15) is 11.5 Å². The number of amides is 1. The predicted molar refractivity (Wildman–Crippen MR) is 125 cm³/mol. The van der Waals surface area contributed by atoms with E-state index in [2.05, 4.69) is 32.1 Å². The molecule has 1 aliphatic rings. The van der Waals surface area contributed by atoms with E-state index in [0.29, 0.717) is 25.4 Å². The second-order valence-electron chi connectivity index (χ2n) is 8.45. The predicted octanol–water partition coefficient (Wildman–Crippen LogP) is 5.34. The number of carbonyl (C=O) groups excluding carboxylic acids is 2. The Morgan fingerprint density at radius 2 is 1.94 bits per heavy atom. The lowest BCUT2D eigenvalue weighted by Crippen LogP contribution is -2.38. The summed E-state index contributed by atoms with van der Waals surface area (Å²) >= 11 is 0. The molecule has 1 aliphatic heterocycles.